The first-order valence-electron chi connectivity index (χ1n) is 5.17. The highest BCUT2D eigenvalue weighted by Gasteiger charge is 2.19. The lowest BCUT2D eigenvalue weighted by Crippen LogP contribution is -2.16. The highest BCUT2D eigenvalue weighted by atomic mass is 79.9. The van der Waals surface area contributed by atoms with E-state index in [2.05, 4.69) is 40.2 Å². The Labute approximate surface area is 93.6 Å². The summed E-state index contributed by atoms with van der Waals surface area (Å²) in [6, 6.07) is 8.65. The zero-order valence-electron chi connectivity index (χ0n) is 8.21. The van der Waals surface area contributed by atoms with Gasteiger partial charge in [-0.2, -0.15) is 0 Å². The summed E-state index contributed by atoms with van der Waals surface area (Å²) in [7, 11) is 0. The number of hydrogen-bond donors (Lipinski definition) is 0. The first-order chi connectivity index (χ1) is 6.92. The molecule has 2 heteroatoms. The van der Waals surface area contributed by atoms with Gasteiger partial charge in [0.25, 0.3) is 0 Å². The Kier molecular flexibility index (Phi) is 3.60. The summed E-state index contributed by atoms with van der Waals surface area (Å²) in [6.07, 6.45) is 3.71. The summed E-state index contributed by atoms with van der Waals surface area (Å²) >= 11 is 3.46. The van der Waals surface area contributed by atoms with Crippen molar-refractivity contribution in [3.63, 3.8) is 0 Å². The van der Waals surface area contributed by atoms with Crippen LogP contribution in [-0.4, -0.2) is 11.9 Å². The van der Waals surface area contributed by atoms with Crippen molar-refractivity contribution in [3.8, 4) is 0 Å². The van der Waals surface area contributed by atoms with Crippen LogP contribution in [0.25, 0.3) is 0 Å². The van der Waals surface area contributed by atoms with Crippen molar-refractivity contribution < 1.29 is 4.74 Å². The van der Waals surface area contributed by atoms with E-state index >= 15 is 0 Å². The van der Waals surface area contributed by atoms with Crippen molar-refractivity contribution >= 4 is 15.9 Å². The van der Waals surface area contributed by atoms with Gasteiger partial charge in [-0.3, -0.25) is 0 Å². The van der Waals surface area contributed by atoms with Crippen molar-refractivity contribution in [1.29, 1.82) is 0 Å². The minimum absolute atomic E-state index is 0.331. The molecule has 0 bridgehead atoms. The van der Waals surface area contributed by atoms with Crippen molar-refractivity contribution in [3.05, 3.63) is 35.4 Å². The highest BCUT2D eigenvalue weighted by molar-refractivity contribution is 9.09. The molecule has 0 saturated carbocycles. The fourth-order valence-corrected chi connectivity index (χ4v) is 2.30. The van der Waals surface area contributed by atoms with E-state index in [0.717, 1.165) is 24.8 Å². The minimum atomic E-state index is 0.331. The number of alkyl halides is 1. The molecular formula is C12H15BrO. The Balaban J connectivity index is 2.14. The molecule has 2 rings (SSSR count). The molecule has 14 heavy (non-hydrogen) atoms. The second-order valence-electron chi connectivity index (χ2n) is 3.64. The van der Waals surface area contributed by atoms with E-state index < -0.39 is 0 Å². The third kappa shape index (κ3) is 2.18. The van der Waals surface area contributed by atoms with Gasteiger partial charge in [0.1, 0.15) is 0 Å². The van der Waals surface area contributed by atoms with Gasteiger partial charge in [-0.25, -0.2) is 0 Å². The Hall–Kier alpha value is -0.340. The van der Waals surface area contributed by atoms with Crippen LogP contribution in [0.2, 0.25) is 0 Å². The third-order valence-electron chi connectivity index (χ3n) is 2.69. The number of rotatable bonds is 3. The summed E-state index contributed by atoms with van der Waals surface area (Å²) in [5.41, 5.74) is 2.87. The number of halogens is 1. The molecule has 1 atom stereocenters. The van der Waals surface area contributed by atoms with Crippen LogP contribution in [-0.2, 0) is 11.2 Å². The van der Waals surface area contributed by atoms with Crippen molar-refractivity contribution in [2.75, 3.05) is 11.9 Å². The van der Waals surface area contributed by atoms with E-state index in [4.69, 9.17) is 4.74 Å². The van der Waals surface area contributed by atoms with E-state index in [1.807, 2.05) is 0 Å². The standard InChI is InChI=1S/C12H15BrO/c13-8-3-6-12-11-5-2-1-4-10(11)7-9-14-12/h1-2,4-5,12H,3,6-9H2. The molecular weight excluding hydrogens is 240 g/mol. The molecule has 1 aromatic rings. The number of ether oxygens (including phenoxy) is 1. The first kappa shape index (κ1) is 10.2. The fourth-order valence-electron chi connectivity index (χ4n) is 1.98. The maximum absolute atomic E-state index is 5.79. The maximum Gasteiger partial charge on any atom is 0.0828 e. The van der Waals surface area contributed by atoms with E-state index in [9.17, 15) is 0 Å². The Bertz CT molecular complexity index is 298. The molecule has 1 aliphatic rings. The number of fused-ring (bicyclic) bond motifs is 1. The largest absolute Gasteiger partial charge is 0.373 e. The topological polar surface area (TPSA) is 9.23 Å². The van der Waals surface area contributed by atoms with Gasteiger partial charge in [0.05, 0.1) is 12.7 Å². The normalized spacial score (nSPS) is 20.5. The average molecular weight is 255 g/mol. The molecule has 1 heterocycles. The quantitative estimate of drug-likeness (QED) is 0.751. The summed E-state index contributed by atoms with van der Waals surface area (Å²) in [4.78, 5) is 0. The molecule has 0 aliphatic carbocycles. The summed E-state index contributed by atoms with van der Waals surface area (Å²) in [5, 5.41) is 1.06. The summed E-state index contributed by atoms with van der Waals surface area (Å²) < 4.78 is 5.79. The van der Waals surface area contributed by atoms with Crippen LogP contribution < -0.4 is 0 Å². The third-order valence-corrected chi connectivity index (χ3v) is 3.25. The monoisotopic (exact) mass is 254 g/mol. The molecule has 76 valence electrons. The van der Waals surface area contributed by atoms with Gasteiger partial charge in [0.2, 0.25) is 0 Å². The SMILES string of the molecule is BrCCCC1OCCc2ccccc21. The molecule has 0 spiro atoms. The van der Waals surface area contributed by atoms with Crippen LogP contribution in [0.4, 0.5) is 0 Å². The van der Waals surface area contributed by atoms with E-state index in [-0.39, 0.29) is 0 Å². The van der Waals surface area contributed by atoms with Gasteiger partial charge in [-0.05, 0) is 30.4 Å². The molecule has 1 aromatic carbocycles. The number of hydrogen-bond acceptors (Lipinski definition) is 1. The maximum atomic E-state index is 5.79. The zero-order chi connectivity index (χ0) is 9.80. The van der Waals surface area contributed by atoms with Crippen LogP contribution >= 0.6 is 15.9 Å². The van der Waals surface area contributed by atoms with Crippen LogP contribution in [0.5, 0.6) is 0 Å². The van der Waals surface area contributed by atoms with E-state index in [1.54, 1.807) is 0 Å². The van der Waals surface area contributed by atoms with Gasteiger partial charge >= 0.3 is 0 Å². The second kappa shape index (κ2) is 4.94. The zero-order valence-corrected chi connectivity index (χ0v) is 9.79. The van der Waals surface area contributed by atoms with Crippen LogP contribution in [0.3, 0.4) is 0 Å². The molecule has 1 unspecified atom stereocenters. The van der Waals surface area contributed by atoms with Gasteiger partial charge in [0, 0.05) is 5.33 Å². The van der Waals surface area contributed by atoms with Crippen LogP contribution in [0.1, 0.15) is 30.1 Å². The molecule has 0 radical (unpaired) electrons. The minimum Gasteiger partial charge on any atom is -0.373 e. The van der Waals surface area contributed by atoms with Gasteiger partial charge < -0.3 is 4.74 Å². The molecule has 1 aliphatic heterocycles. The first-order valence-corrected chi connectivity index (χ1v) is 6.29. The Morgan fingerprint density at radius 2 is 2.21 bits per heavy atom. The Morgan fingerprint density at radius 1 is 1.36 bits per heavy atom. The smallest absolute Gasteiger partial charge is 0.0828 e. The predicted molar refractivity (Wildman–Crippen MR) is 61.9 cm³/mol. The fraction of sp³-hybridized carbons (Fsp3) is 0.500. The van der Waals surface area contributed by atoms with Crippen LogP contribution in [0.15, 0.2) is 24.3 Å². The lowest BCUT2D eigenvalue weighted by Gasteiger charge is -2.25. The van der Waals surface area contributed by atoms with Gasteiger partial charge in [-0.1, -0.05) is 40.2 Å². The highest BCUT2D eigenvalue weighted by Crippen LogP contribution is 2.30. The lowest BCUT2D eigenvalue weighted by atomic mass is 9.95. The molecule has 0 amide bonds. The van der Waals surface area contributed by atoms with E-state index in [0.29, 0.717) is 6.10 Å². The van der Waals surface area contributed by atoms with Crippen LogP contribution in [0, 0.1) is 0 Å². The second-order valence-corrected chi connectivity index (χ2v) is 4.43. The Morgan fingerprint density at radius 3 is 3.07 bits per heavy atom. The molecule has 0 fully saturated rings. The number of benzene rings is 1. The average Bonchev–Trinajstić information content (AvgIpc) is 2.26. The van der Waals surface area contributed by atoms with Gasteiger partial charge in [0.15, 0.2) is 0 Å². The molecule has 0 aromatic heterocycles. The molecule has 1 nitrogen and oxygen atoms in total. The van der Waals surface area contributed by atoms with Crippen molar-refractivity contribution in [1.82, 2.24) is 0 Å². The summed E-state index contributed by atoms with van der Waals surface area (Å²) in [6.45, 7) is 0.879. The van der Waals surface area contributed by atoms with Crippen molar-refractivity contribution in [2.45, 2.75) is 25.4 Å². The predicted octanol–water partition coefficient (Wildman–Crippen LogP) is 3.48. The molecule has 0 N–H and O–H groups in total. The van der Waals surface area contributed by atoms with Gasteiger partial charge in [-0.15, -0.1) is 0 Å². The lowest BCUT2D eigenvalue weighted by molar-refractivity contribution is 0.0363. The molecule has 0 saturated heterocycles. The summed E-state index contributed by atoms with van der Waals surface area (Å²) in [5.74, 6) is 0. The van der Waals surface area contributed by atoms with E-state index in [1.165, 1.54) is 17.5 Å². The van der Waals surface area contributed by atoms with Crippen molar-refractivity contribution in [2.24, 2.45) is 0 Å².